The topological polar surface area (TPSA) is 86.7 Å². The van der Waals surface area contributed by atoms with Gasteiger partial charge in [-0.2, -0.15) is 0 Å². The summed E-state index contributed by atoms with van der Waals surface area (Å²) in [5.41, 5.74) is 1.58. The van der Waals surface area contributed by atoms with E-state index in [9.17, 15) is 19.5 Å². The van der Waals surface area contributed by atoms with Crippen LogP contribution in [0, 0.1) is 5.92 Å². The van der Waals surface area contributed by atoms with E-state index in [2.05, 4.69) is 5.32 Å². The van der Waals surface area contributed by atoms with Crippen LogP contribution in [0.5, 0.6) is 0 Å². The summed E-state index contributed by atoms with van der Waals surface area (Å²) >= 11 is 1.31. The molecule has 0 bridgehead atoms. The molecule has 7 heteroatoms. The Bertz CT molecular complexity index is 847. The molecule has 0 radical (unpaired) electrons. The number of benzene rings is 1. The van der Waals surface area contributed by atoms with E-state index in [0.29, 0.717) is 11.4 Å². The lowest BCUT2D eigenvalue weighted by Gasteiger charge is -2.36. The van der Waals surface area contributed by atoms with E-state index in [1.807, 2.05) is 32.0 Å². The van der Waals surface area contributed by atoms with Crippen LogP contribution in [-0.2, 0) is 16.1 Å². The molecule has 6 nitrogen and oxygen atoms in total. The van der Waals surface area contributed by atoms with Crippen molar-refractivity contribution >= 4 is 29.1 Å². The fourth-order valence-corrected chi connectivity index (χ4v) is 3.94. The lowest BCUT2D eigenvalue weighted by Crippen LogP contribution is -2.53. The Morgan fingerprint density at radius 1 is 1.19 bits per heavy atom. The Morgan fingerprint density at radius 2 is 1.93 bits per heavy atom. The van der Waals surface area contributed by atoms with Gasteiger partial charge in [0.05, 0.1) is 10.8 Å². The number of carbonyl (C=O) groups is 3. The van der Waals surface area contributed by atoms with Gasteiger partial charge in [0.1, 0.15) is 6.04 Å². The lowest BCUT2D eigenvalue weighted by atomic mass is 9.89. The summed E-state index contributed by atoms with van der Waals surface area (Å²) in [6.45, 7) is 4.17. The SMILES string of the molecule is CC(C)C(NC(=O)c1cccs1)C(=O)N1Cc2ccccc2C(C(=O)O)C1. The second-order valence-corrected chi connectivity index (χ2v) is 7.93. The van der Waals surface area contributed by atoms with Crippen LogP contribution < -0.4 is 5.32 Å². The van der Waals surface area contributed by atoms with Crippen molar-refractivity contribution in [1.82, 2.24) is 10.2 Å². The highest BCUT2D eigenvalue weighted by atomic mass is 32.1. The zero-order valence-electron chi connectivity index (χ0n) is 15.2. The van der Waals surface area contributed by atoms with Crippen molar-refractivity contribution in [2.45, 2.75) is 32.4 Å². The maximum atomic E-state index is 13.1. The van der Waals surface area contributed by atoms with Crippen molar-refractivity contribution < 1.29 is 19.5 Å². The summed E-state index contributed by atoms with van der Waals surface area (Å²) in [4.78, 5) is 39.4. The highest BCUT2D eigenvalue weighted by molar-refractivity contribution is 7.12. The van der Waals surface area contributed by atoms with Crippen LogP contribution in [0.4, 0.5) is 0 Å². The van der Waals surface area contributed by atoms with Crippen LogP contribution in [0.25, 0.3) is 0 Å². The standard InChI is InChI=1S/C20H22N2O4S/c1-12(2)17(21-18(23)16-8-5-9-27-16)19(24)22-10-13-6-3-4-7-14(13)15(11-22)20(25)26/h3-9,12,15,17H,10-11H2,1-2H3,(H,21,23)(H,25,26). The van der Waals surface area contributed by atoms with Gasteiger partial charge in [-0.3, -0.25) is 14.4 Å². The highest BCUT2D eigenvalue weighted by Gasteiger charge is 2.36. The van der Waals surface area contributed by atoms with Gasteiger partial charge in [0.2, 0.25) is 5.91 Å². The molecule has 0 saturated heterocycles. The van der Waals surface area contributed by atoms with Crippen molar-refractivity contribution in [3.8, 4) is 0 Å². The number of amides is 2. The number of carboxylic acid groups (broad SMARTS) is 1. The summed E-state index contributed by atoms with van der Waals surface area (Å²) < 4.78 is 0. The third-order valence-corrected chi connectivity index (χ3v) is 5.64. The minimum atomic E-state index is -0.955. The van der Waals surface area contributed by atoms with Gasteiger partial charge in [-0.25, -0.2) is 0 Å². The zero-order valence-corrected chi connectivity index (χ0v) is 16.0. The number of carbonyl (C=O) groups excluding carboxylic acids is 2. The molecule has 27 heavy (non-hydrogen) atoms. The van der Waals surface area contributed by atoms with Crippen molar-refractivity contribution in [2.75, 3.05) is 6.54 Å². The number of hydrogen-bond donors (Lipinski definition) is 2. The predicted octanol–water partition coefficient (Wildman–Crippen LogP) is 2.71. The molecule has 142 valence electrons. The molecule has 1 aromatic carbocycles. The Balaban J connectivity index is 1.82. The molecular formula is C20H22N2O4S. The quantitative estimate of drug-likeness (QED) is 0.827. The minimum Gasteiger partial charge on any atom is -0.481 e. The van der Waals surface area contributed by atoms with Gasteiger partial charge >= 0.3 is 5.97 Å². The van der Waals surface area contributed by atoms with E-state index in [1.165, 1.54) is 11.3 Å². The molecule has 1 aliphatic heterocycles. The Kier molecular flexibility index (Phi) is 5.60. The molecule has 2 unspecified atom stereocenters. The van der Waals surface area contributed by atoms with Crippen LogP contribution in [-0.4, -0.2) is 40.4 Å². The third-order valence-electron chi connectivity index (χ3n) is 4.77. The highest BCUT2D eigenvalue weighted by Crippen LogP contribution is 2.29. The van der Waals surface area contributed by atoms with E-state index in [0.717, 1.165) is 11.1 Å². The van der Waals surface area contributed by atoms with E-state index < -0.39 is 17.9 Å². The summed E-state index contributed by atoms with van der Waals surface area (Å²) in [6, 6.07) is 10.1. The number of thiophene rings is 1. The number of carboxylic acids is 1. The Hall–Kier alpha value is -2.67. The maximum absolute atomic E-state index is 13.1. The Morgan fingerprint density at radius 3 is 2.56 bits per heavy atom. The number of nitrogens with zero attached hydrogens (tertiary/aromatic N) is 1. The fourth-order valence-electron chi connectivity index (χ4n) is 3.32. The molecule has 2 aromatic rings. The number of aliphatic carboxylic acids is 1. The first-order valence-electron chi connectivity index (χ1n) is 8.82. The smallest absolute Gasteiger partial charge is 0.312 e. The number of rotatable bonds is 5. The first kappa shape index (κ1) is 19.1. The maximum Gasteiger partial charge on any atom is 0.312 e. The first-order chi connectivity index (χ1) is 12.9. The monoisotopic (exact) mass is 386 g/mol. The van der Waals surface area contributed by atoms with Crippen LogP contribution >= 0.6 is 11.3 Å². The molecule has 1 aliphatic rings. The average Bonchev–Trinajstić information content (AvgIpc) is 3.19. The second kappa shape index (κ2) is 7.92. The van der Waals surface area contributed by atoms with Gasteiger partial charge in [-0.05, 0) is 28.5 Å². The molecule has 2 heterocycles. The third kappa shape index (κ3) is 4.03. The predicted molar refractivity (Wildman–Crippen MR) is 103 cm³/mol. The van der Waals surface area contributed by atoms with Gasteiger partial charge in [-0.15, -0.1) is 11.3 Å². The van der Waals surface area contributed by atoms with Crippen molar-refractivity contribution in [2.24, 2.45) is 5.92 Å². The van der Waals surface area contributed by atoms with E-state index in [4.69, 9.17) is 0 Å². The molecule has 0 aliphatic carbocycles. The summed E-state index contributed by atoms with van der Waals surface area (Å²) in [5, 5.41) is 14.2. The summed E-state index contributed by atoms with van der Waals surface area (Å²) in [6.07, 6.45) is 0. The normalized spacial score (nSPS) is 17.3. The molecule has 2 N–H and O–H groups in total. The molecule has 0 spiro atoms. The fraction of sp³-hybridized carbons (Fsp3) is 0.350. The Labute approximate surface area is 161 Å². The van der Waals surface area contributed by atoms with Gasteiger partial charge < -0.3 is 15.3 Å². The van der Waals surface area contributed by atoms with Gasteiger partial charge in [-0.1, -0.05) is 44.2 Å². The van der Waals surface area contributed by atoms with E-state index in [-0.39, 0.29) is 24.3 Å². The van der Waals surface area contributed by atoms with Crippen LogP contribution in [0.2, 0.25) is 0 Å². The van der Waals surface area contributed by atoms with Gasteiger partial charge in [0, 0.05) is 13.1 Å². The van der Waals surface area contributed by atoms with Crippen molar-refractivity contribution in [1.29, 1.82) is 0 Å². The minimum absolute atomic E-state index is 0.100. The molecule has 3 rings (SSSR count). The molecular weight excluding hydrogens is 364 g/mol. The number of nitrogens with one attached hydrogen (secondary N) is 1. The molecule has 0 fully saturated rings. The molecule has 2 atom stereocenters. The first-order valence-corrected chi connectivity index (χ1v) is 9.70. The van der Waals surface area contributed by atoms with Crippen LogP contribution in [0.1, 0.15) is 40.6 Å². The van der Waals surface area contributed by atoms with E-state index in [1.54, 1.807) is 28.5 Å². The van der Waals surface area contributed by atoms with E-state index >= 15 is 0 Å². The zero-order chi connectivity index (χ0) is 19.6. The van der Waals surface area contributed by atoms with Crippen molar-refractivity contribution in [3.05, 3.63) is 57.8 Å². The second-order valence-electron chi connectivity index (χ2n) is 6.98. The summed E-state index contributed by atoms with van der Waals surface area (Å²) in [7, 11) is 0. The largest absolute Gasteiger partial charge is 0.481 e. The summed E-state index contributed by atoms with van der Waals surface area (Å²) in [5.74, 6) is -2.38. The van der Waals surface area contributed by atoms with Crippen LogP contribution in [0.3, 0.4) is 0 Å². The lowest BCUT2D eigenvalue weighted by molar-refractivity contribution is -0.142. The van der Waals surface area contributed by atoms with Crippen LogP contribution in [0.15, 0.2) is 41.8 Å². The van der Waals surface area contributed by atoms with Gasteiger partial charge in [0.15, 0.2) is 0 Å². The molecule has 1 aromatic heterocycles. The average molecular weight is 386 g/mol. The molecule has 0 saturated carbocycles. The molecule has 2 amide bonds. The number of fused-ring (bicyclic) bond motifs is 1. The van der Waals surface area contributed by atoms with Crippen molar-refractivity contribution in [3.63, 3.8) is 0 Å². The van der Waals surface area contributed by atoms with Gasteiger partial charge in [0.25, 0.3) is 5.91 Å². The number of hydrogen-bond acceptors (Lipinski definition) is 4.